The molecule has 1 unspecified atom stereocenters. The molecule has 1 atom stereocenters. The fourth-order valence-corrected chi connectivity index (χ4v) is 2.53. The van der Waals surface area contributed by atoms with Gasteiger partial charge >= 0.3 is 0 Å². The number of halogens is 1. The molecule has 0 aromatic heterocycles. The molecule has 1 aliphatic heterocycles. The number of nitrogens with one attached hydrogen (secondary N) is 1. The van der Waals surface area contributed by atoms with Gasteiger partial charge in [-0.2, -0.15) is 0 Å². The van der Waals surface area contributed by atoms with Crippen LogP contribution in [0.2, 0.25) is 5.02 Å². The third-order valence-corrected chi connectivity index (χ3v) is 3.69. The number of nitrogens with zero attached hydrogens (tertiary/aromatic N) is 1. The molecule has 18 heavy (non-hydrogen) atoms. The molecule has 1 fully saturated rings. The number of carbonyl (C=O) groups excluding carboxylic acids is 1. The number of carbonyl (C=O) groups is 1. The average Bonchev–Trinajstić information content (AvgIpc) is 2.39. The number of hydrogen-bond acceptors (Lipinski definition) is 2. The first-order valence-electron chi connectivity index (χ1n) is 6.37. The maximum Gasteiger partial charge on any atom is 0.227 e. The molecule has 0 spiro atoms. The van der Waals surface area contributed by atoms with Crippen LogP contribution in [0.15, 0.2) is 24.3 Å². The van der Waals surface area contributed by atoms with Gasteiger partial charge in [-0.05, 0) is 37.1 Å². The van der Waals surface area contributed by atoms with E-state index in [0.717, 1.165) is 31.5 Å². The lowest BCUT2D eigenvalue weighted by atomic mass is 10.1. The molecule has 1 aromatic rings. The van der Waals surface area contributed by atoms with E-state index in [4.69, 9.17) is 11.6 Å². The van der Waals surface area contributed by atoms with E-state index in [1.54, 1.807) is 0 Å². The number of piperidine rings is 1. The van der Waals surface area contributed by atoms with Crippen LogP contribution in [0.5, 0.6) is 0 Å². The van der Waals surface area contributed by atoms with Crippen molar-refractivity contribution in [1.82, 2.24) is 10.2 Å². The zero-order chi connectivity index (χ0) is 13.0. The molecular formula is C14H19ClN2O. The van der Waals surface area contributed by atoms with Crippen molar-refractivity contribution in [3.05, 3.63) is 34.9 Å². The van der Waals surface area contributed by atoms with Crippen molar-refractivity contribution in [2.75, 3.05) is 20.1 Å². The number of hydrogen-bond donors (Lipinski definition) is 1. The lowest BCUT2D eigenvalue weighted by Gasteiger charge is -2.31. The second-order valence-electron chi connectivity index (χ2n) is 4.81. The topological polar surface area (TPSA) is 32.3 Å². The molecule has 1 aliphatic rings. The van der Waals surface area contributed by atoms with Crippen LogP contribution in [0.25, 0.3) is 0 Å². The molecule has 0 radical (unpaired) electrons. The highest BCUT2D eigenvalue weighted by molar-refractivity contribution is 6.30. The Morgan fingerprint density at radius 1 is 1.56 bits per heavy atom. The molecule has 1 aromatic carbocycles. The minimum atomic E-state index is 0.158. The minimum absolute atomic E-state index is 0.158. The van der Waals surface area contributed by atoms with E-state index < -0.39 is 0 Å². The molecule has 2 rings (SSSR count). The van der Waals surface area contributed by atoms with Crippen molar-refractivity contribution in [2.45, 2.75) is 25.3 Å². The normalized spacial score (nSPS) is 19.6. The number of benzene rings is 1. The highest BCUT2D eigenvalue weighted by Crippen LogP contribution is 2.14. The van der Waals surface area contributed by atoms with E-state index in [9.17, 15) is 4.79 Å². The van der Waals surface area contributed by atoms with Gasteiger partial charge in [0.05, 0.1) is 6.42 Å². The predicted molar refractivity (Wildman–Crippen MR) is 73.8 cm³/mol. The molecule has 1 saturated heterocycles. The first-order chi connectivity index (χ1) is 8.66. The van der Waals surface area contributed by atoms with Crippen molar-refractivity contribution in [2.24, 2.45) is 0 Å². The van der Waals surface area contributed by atoms with Gasteiger partial charge in [0.25, 0.3) is 0 Å². The van der Waals surface area contributed by atoms with Crippen molar-refractivity contribution in [1.29, 1.82) is 0 Å². The minimum Gasteiger partial charge on any atom is -0.341 e. The zero-order valence-electron chi connectivity index (χ0n) is 10.7. The summed E-state index contributed by atoms with van der Waals surface area (Å²) in [7, 11) is 1.89. The first-order valence-corrected chi connectivity index (χ1v) is 6.75. The summed E-state index contributed by atoms with van der Waals surface area (Å²) >= 11 is 5.92. The van der Waals surface area contributed by atoms with Gasteiger partial charge in [0, 0.05) is 24.7 Å². The second kappa shape index (κ2) is 6.21. The smallest absolute Gasteiger partial charge is 0.227 e. The van der Waals surface area contributed by atoms with E-state index in [2.05, 4.69) is 5.32 Å². The predicted octanol–water partition coefficient (Wildman–Crippen LogP) is 2.09. The highest BCUT2D eigenvalue weighted by atomic mass is 35.5. The van der Waals surface area contributed by atoms with Crippen molar-refractivity contribution in [3.8, 4) is 0 Å². The van der Waals surface area contributed by atoms with E-state index in [-0.39, 0.29) is 5.91 Å². The quantitative estimate of drug-likeness (QED) is 0.909. The Morgan fingerprint density at radius 2 is 2.39 bits per heavy atom. The summed E-state index contributed by atoms with van der Waals surface area (Å²) in [5.41, 5.74) is 0.975. The fraction of sp³-hybridized carbons (Fsp3) is 0.500. The van der Waals surface area contributed by atoms with Gasteiger partial charge in [-0.15, -0.1) is 0 Å². The monoisotopic (exact) mass is 266 g/mol. The molecule has 0 aliphatic carbocycles. The lowest BCUT2D eigenvalue weighted by Crippen LogP contribution is -2.47. The van der Waals surface area contributed by atoms with Crippen molar-refractivity contribution < 1.29 is 4.79 Å². The summed E-state index contributed by atoms with van der Waals surface area (Å²) in [5.74, 6) is 0.158. The van der Waals surface area contributed by atoms with Crippen LogP contribution in [-0.2, 0) is 11.2 Å². The Balaban J connectivity index is 1.94. The van der Waals surface area contributed by atoms with E-state index in [0.29, 0.717) is 17.5 Å². The van der Waals surface area contributed by atoms with E-state index in [1.807, 2.05) is 36.2 Å². The fourth-order valence-electron chi connectivity index (χ4n) is 2.31. The Hall–Kier alpha value is -1.06. The summed E-state index contributed by atoms with van der Waals surface area (Å²) in [5, 5.41) is 4.01. The van der Waals surface area contributed by atoms with Gasteiger partial charge in [0.2, 0.25) is 5.91 Å². The van der Waals surface area contributed by atoms with Crippen molar-refractivity contribution in [3.63, 3.8) is 0 Å². The van der Waals surface area contributed by atoms with Crippen LogP contribution in [0, 0.1) is 0 Å². The lowest BCUT2D eigenvalue weighted by molar-refractivity contribution is -0.131. The molecule has 0 saturated carbocycles. The summed E-state index contributed by atoms with van der Waals surface area (Å²) in [4.78, 5) is 14.0. The Morgan fingerprint density at radius 3 is 3.06 bits per heavy atom. The van der Waals surface area contributed by atoms with E-state index in [1.165, 1.54) is 0 Å². The highest BCUT2D eigenvalue weighted by Gasteiger charge is 2.21. The zero-order valence-corrected chi connectivity index (χ0v) is 11.4. The number of likely N-dealkylation sites (N-methyl/N-ethyl adjacent to an activating group) is 1. The molecule has 1 heterocycles. The molecule has 1 N–H and O–H groups in total. The maximum atomic E-state index is 12.2. The molecule has 3 nitrogen and oxygen atoms in total. The van der Waals surface area contributed by atoms with Gasteiger partial charge < -0.3 is 10.2 Å². The third kappa shape index (κ3) is 3.47. The van der Waals surface area contributed by atoms with Crippen LogP contribution >= 0.6 is 11.6 Å². The molecule has 1 amide bonds. The molecule has 4 heteroatoms. The van der Waals surface area contributed by atoms with Crippen LogP contribution < -0.4 is 5.32 Å². The Kier molecular flexibility index (Phi) is 4.61. The Bertz CT molecular complexity index is 416. The van der Waals surface area contributed by atoms with Gasteiger partial charge in [0.1, 0.15) is 0 Å². The van der Waals surface area contributed by atoms with Crippen molar-refractivity contribution >= 4 is 17.5 Å². The third-order valence-electron chi connectivity index (χ3n) is 3.46. The summed E-state index contributed by atoms with van der Waals surface area (Å²) in [6.45, 7) is 1.96. The van der Waals surface area contributed by atoms with Gasteiger partial charge in [0.15, 0.2) is 0 Å². The van der Waals surface area contributed by atoms with Gasteiger partial charge in [-0.25, -0.2) is 0 Å². The second-order valence-corrected chi connectivity index (χ2v) is 5.25. The van der Waals surface area contributed by atoms with Crippen LogP contribution in [-0.4, -0.2) is 37.0 Å². The SMILES string of the molecule is CN(C(=O)Cc1cccc(Cl)c1)C1CCCNC1. The average molecular weight is 267 g/mol. The van der Waals surface area contributed by atoms with Gasteiger partial charge in [-0.3, -0.25) is 4.79 Å². The Labute approximate surface area is 113 Å². The number of rotatable bonds is 3. The summed E-state index contributed by atoms with van der Waals surface area (Å²) in [6, 6.07) is 7.83. The van der Waals surface area contributed by atoms with Crippen LogP contribution in [0.1, 0.15) is 18.4 Å². The van der Waals surface area contributed by atoms with E-state index >= 15 is 0 Å². The summed E-state index contributed by atoms with van der Waals surface area (Å²) < 4.78 is 0. The number of amides is 1. The van der Waals surface area contributed by atoms with Crippen LogP contribution in [0.4, 0.5) is 0 Å². The van der Waals surface area contributed by atoms with Gasteiger partial charge in [-0.1, -0.05) is 23.7 Å². The largest absolute Gasteiger partial charge is 0.341 e. The molecule has 0 bridgehead atoms. The molecule has 98 valence electrons. The summed E-state index contributed by atoms with van der Waals surface area (Å²) in [6.07, 6.45) is 2.65. The maximum absolute atomic E-state index is 12.2. The van der Waals surface area contributed by atoms with Crippen LogP contribution in [0.3, 0.4) is 0 Å². The standard InChI is InChI=1S/C14H19ClN2O/c1-17(13-6-3-7-16-10-13)14(18)9-11-4-2-5-12(15)8-11/h2,4-5,8,13,16H,3,6-7,9-10H2,1H3. The molecular weight excluding hydrogens is 248 g/mol. The first kappa shape index (κ1) is 13.4.